The van der Waals surface area contributed by atoms with Crippen LogP contribution in [-0.4, -0.2) is 28.3 Å². The zero-order chi connectivity index (χ0) is 6.99. The van der Waals surface area contributed by atoms with Gasteiger partial charge in [0.25, 0.3) is 14.1 Å². The summed E-state index contributed by atoms with van der Waals surface area (Å²) in [6.07, 6.45) is 0. The van der Waals surface area contributed by atoms with E-state index in [9.17, 15) is 0 Å². The van der Waals surface area contributed by atoms with Gasteiger partial charge in [-0.3, -0.25) is 0 Å². The molecule has 58 valence electrons. The van der Waals surface area contributed by atoms with Gasteiger partial charge >= 0.3 is 0 Å². The van der Waals surface area contributed by atoms with Gasteiger partial charge in [-0.15, -0.1) is 29.8 Å². The highest BCUT2D eigenvalue weighted by Crippen LogP contribution is 1.68. The summed E-state index contributed by atoms with van der Waals surface area (Å²) in [5, 5.41) is 0. The maximum absolute atomic E-state index is 4.29. The van der Waals surface area contributed by atoms with Crippen LogP contribution in [0.2, 0.25) is 17.4 Å². The molecule has 0 fully saturated rings. The molecule has 0 bridgehead atoms. The molecule has 0 rings (SSSR count). The van der Waals surface area contributed by atoms with E-state index in [0.717, 1.165) is 0 Å². The maximum Gasteiger partial charge on any atom is 0.251 e. The molecule has 0 atom stereocenters. The Hall–Kier alpha value is 0.742. The van der Waals surface area contributed by atoms with Gasteiger partial charge in [0.15, 0.2) is 0 Å². The molecular weight excluding hydrogens is 152 g/mol. The number of hydrogen-bond donors (Lipinski definition) is 1. The lowest BCUT2D eigenvalue weighted by molar-refractivity contribution is 0.112. The van der Waals surface area contributed by atoms with Crippen molar-refractivity contribution in [3.05, 3.63) is 0 Å². The second-order valence-electron chi connectivity index (χ2n) is 2.14. The predicted molar refractivity (Wildman–Crippen MR) is 46.7 cm³/mol. The van der Waals surface area contributed by atoms with Crippen molar-refractivity contribution in [2.75, 3.05) is 14.2 Å². The van der Waals surface area contributed by atoms with Crippen LogP contribution in [0.4, 0.5) is 0 Å². The predicted octanol–water partition coefficient (Wildman–Crippen LogP) is 1.56. The third kappa shape index (κ3) is 131. The molecule has 0 aliphatic heterocycles. The molecule has 0 unspecified atom stereocenters. The smallest absolute Gasteiger partial charge is 0.251 e. The van der Waals surface area contributed by atoms with Crippen LogP contribution >= 0.6 is 12.4 Å². The van der Waals surface area contributed by atoms with Crippen LogP contribution in [-0.2, 0) is 4.84 Å². The fraction of sp³-hybridized carbons (Fsp3) is 1.00. The zero-order valence-electron chi connectivity index (χ0n) is 6.89. The number of nitrogens with one attached hydrogen (secondary N) is 1. The molecular formula is C5H17AlClNO. The Labute approximate surface area is 68.7 Å². The molecule has 0 saturated heterocycles. The van der Waals surface area contributed by atoms with E-state index in [-0.39, 0.29) is 26.6 Å². The lowest BCUT2D eigenvalue weighted by atomic mass is 11.5. The first kappa shape index (κ1) is 16.4. The van der Waals surface area contributed by atoms with Gasteiger partial charge in [-0.25, -0.2) is 5.48 Å². The van der Waals surface area contributed by atoms with Crippen LogP contribution in [0.5, 0.6) is 0 Å². The number of halogens is 1. The van der Waals surface area contributed by atoms with Gasteiger partial charge in [-0.1, -0.05) is 0 Å². The van der Waals surface area contributed by atoms with E-state index in [2.05, 4.69) is 27.7 Å². The third-order valence-electron chi connectivity index (χ3n) is 0.204. The fourth-order valence-electron chi connectivity index (χ4n) is 0. The fourth-order valence-corrected chi connectivity index (χ4v) is 0. The van der Waals surface area contributed by atoms with Crippen LogP contribution in [0.25, 0.3) is 0 Å². The molecule has 9 heavy (non-hydrogen) atoms. The Kier molecular flexibility index (Phi) is 28.9. The standard InChI is InChI=1S/C2H7NO.3CH3.Al.ClH/c1-3-4-2;;;;;/h3H,1-2H3;3*1H3;;1H. The minimum absolute atomic E-state index is 0. The van der Waals surface area contributed by atoms with Crippen LogP contribution < -0.4 is 5.48 Å². The van der Waals surface area contributed by atoms with Gasteiger partial charge in [0.05, 0.1) is 7.11 Å². The Bertz CT molecular complexity index is 33.4. The lowest BCUT2D eigenvalue weighted by Crippen LogP contribution is -2.00. The van der Waals surface area contributed by atoms with Crippen molar-refractivity contribution in [1.29, 1.82) is 0 Å². The average Bonchev–Trinajstić information content (AvgIpc) is 1.65. The van der Waals surface area contributed by atoms with Gasteiger partial charge in [0, 0.05) is 7.05 Å². The van der Waals surface area contributed by atoms with Crippen molar-refractivity contribution in [1.82, 2.24) is 5.48 Å². The Balaban J connectivity index is -0.0000000720. The van der Waals surface area contributed by atoms with Gasteiger partial charge < -0.3 is 4.84 Å². The molecule has 0 aliphatic carbocycles. The summed E-state index contributed by atoms with van der Waals surface area (Å²) >= 11 is -0.139. The summed E-state index contributed by atoms with van der Waals surface area (Å²) in [4.78, 5) is 4.29. The lowest BCUT2D eigenvalue weighted by Gasteiger charge is -1.80. The second kappa shape index (κ2) is 15.9. The molecule has 0 aromatic carbocycles. The highest BCUT2D eigenvalue weighted by atomic mass is 35.5. The number of hydroxylamine groups is 1. The number of hydrogen-bond acceptors (Lipinski definition) is 2. The van der Waals surface area contributed by atoms with Gasteiger partial charge in [0.2, 0.25) is 0 Å². The number of rotatable bonds is 1. The van der Waals surface area contributed by atoms with Crippen molar-refractivity contribution in [3.8, 4) is 0 Å². The largest absolute Gasteiger partial charge is 0.305 e. The van der Waals surface area contributed by atoms with E-state index < -0.39 is 0 Å². The monoisotopic (exact) mass is 169 g/mol. The quantitative estimate of drug-likeness (QED) is 0.475. The molecule has 0 radical (unpaired) electrons. The summed E-state index contributed by atoms with van der Waals surface area (Å²) in [5.41, 5.74) is 2.43. The van der Waals surface area contributed by atoms with E-state index in [1.807, 2.05) is 0 Å². The first-order valence-corrected chi connectivity index (χ1v) is 6.31. The molecule has 2 nitrogen and oxygen atoms in total. The van der Waals surface area contributed by atoms with Gasteiger partial charge in [-0.2, -0.15) is 0 Å². The topological polar surface area (TPSA) is 21.3 Å². The van der Waals surface area contributed by atoms with E-state index in [1.54, 1.807) is 14.2 Å². The highest BCUT2D eigenvalue weighted by Gasteiger charge is 1.81. The third-order valence-corrected chi connectivity index (χ3v) is 0.204. The maximum atomic E-state index is 4.29. The molecule has 1 N–H and O–H groups in total. The van der Waals surface area contributed by atoms with Crippen molar-refractivity contribution in [2.24, 2.45) is 0 Å². The summed E-state index contributed by atoms with van der Waals surface area (Å²) in [5.74, 6) is 6.92. The van der Waals surface area contributed by atoms with E-state index >= 15 is 0 Å². The molecule has 0 heterocycles. The zero-order valence-corrected chi connectivity index (χ0v) is 8.87. The van der Waals surface area contributed by atoms with Crippen LogP contribution in [0, 0.1) is 0 Å². The summed E-state index contributed by atoms with van der Waals surface area (Å²) in [6.45, 7) is 0. The molecule has 4 heteroatoms. The van der Waals surface area contributed by atoms with E-state index in [0.29, 0.717) is 0 Å². The summed E-state index contributed by atoms with van der Waals surface area (Å²) < 4.78 is 0. The Morgan fingerprint density at radius 2 is 1.33 bits per heavy atom. The minimum Gasteiger partial charge on any atom is -0.305 e. The molecule has 0 aliphatic rings. The minimum atomic E-state index is -0.139. The SMILES string of the molecule is CNOC.Cl.[CH3][Al]([CH3])[CH3]. The first-order valence-electron chi connectivity index (χ1n) is 2.84. The first-order chi connectivity index (χ1) is 3.65. The molecule has 0 amide bonds. The van der Waals surface area contributed by atoms with E-state index in [1.165, 1.54) is 0 Å². The van der Waals surface area contributed by atoms with Crippen molar-refractivity contribution < 1.29 is 4.84 Å². The van der Waals surface area contributed by atoms with Crippen molar-refractivity contribution in [2.45, 2.75) is 17.4 Å². The molecule has 0 spiro atoms. The highest BCUT2D eigenvalue weighted by molar-refractivity contribution is 6.54. The Morgan fingerprint density at radius 1 is 1.22 bits per heavy atom. The molecule has 0 aromatic rings. The molecule has 0 aromatic heterocycles. The summed E-state index contributed by atoms with van der Waals surface area (Å²) in [7, 11) is 3.28. The van der Waals surface area contributed by atoms with Gasteiger partial charge in [-0.05, 0) is 0 Å². The van der Waals surface area contributed by atoms with Crippen molar-refractivity contribution in [3.63, 3.8) is 0 Å². The van der Waals surface area contributed by atoms with Gasteiger partial charge in [0.1, 0.15) is 0 Å². The Morgan fingerprint density at radius 3 is 1.33 bits per heavy atom. The summed E-state index contributed by atoms with van der Waals surface area (Å²) in [6, 6.07) is 0. The second-order valence-corrected chi connectivity index (χ2v) is 5.60. The van der Waals surface area contributed by atoms with Crippen LogP contribution in [0.15, 0.2) is 0 Å². The van der Waals surface area contributed by atoms with Crippen molar-refractivity contribution >= 4 is 26.6 Å². The molecule has 0 saturated carbocycles. The van der Waals surface area contributed by atoms with E-state index in [4.69, 9.17) is 0 Å². The average molecular weight is 170 g/mol. The van der Waals surface area contributed by atoms with Crippen LogP contribution in [0.3, 0.4) is 0 Å². The normalized spacial score (nSPS) is 6.33. The van der Waals surface area contributed by atoms with Crippen LogP contribution in [0.1, 0.15) is 0 Å².